The molecule has 1 aromatic carbocycles. The number of rotatable bonds is 4. The van der Waals surface area contributed by atoms with Crippen LogP contribution >= 0.6 is 0 Å². The number of nitrogens with two attached hydrogens (primary N) is 2. The smallest absolute Gasteiger partial charge is 0.405 e. The van der Waals surface area contributed by atoms with Gasteiger partial charge in [-0.05, 0) is 32.9 Å². The van der Waals surface area contributed by atoms with E-state index >= 15 is 0 Å². The molecule has 120 valence electrons. The molecule has 0 spiro atoms. The Balaban J connectivity index is 3.17. The summed E-state index contributed by atoms with van der Waals surface area (Å²) in [6, 6.07) is 3.87. The lowest BCUT2D eigenvalue weighted by atomic mass is 10.0. The molecule has 1 unspecified atom stereocenters. The van der Waals surface area contributed by atoms with Crippen molar-refractivity contribution in [3.8, 4) is 5.75 Å². The maximum atomic E-state index is 12.1. The van der Waals surface area contributed by atoms with E-state index in [9.17, 15) is 14.7 Å². The van der Waals surface area contributed by atoms with Crippen LogP contribution in [0.4, 0.5) is 4.79 Å². The van der Waals surface area contributed by atoms with Gasteiger partial charge in [-0.15, -0.1) is 0 Å². The third-order valence-corrected chi connectivity index (χ3v) is 2.47. The highest BCUT2D eigenvalue weighted by Gasteiger charge is 2.30. The number of phenolic OH excluding ortho intramolecular Hbond substituents is 1. The lowest BCUT2D eigenvalue weighted by molar-refractivity contribution is -0.165. The second-order valence-corrected chi connectivity index (χ2v) is 5.54. The van der Waals surface area contributed by atoms with Crippen LogP contribution < -0.4 is 11.5 Å². The summed E-state index contributed by atoms with van der Waals surface area (Å²) in [4.78, 5) is 23.1. The summed E-state index contributed by atoms with van der Waals surface area (Å²) in [5, 5.41) is 17.1. The van der Waals surface area contributed by atoms with Gasteiger partial charge in [-0.25, -0.2) is 9.59 Å². The first-order chi connectivity index (χ1) is 10.0. The number of phenols is 1. The molecule has 0 radical (unpaired) electrons. The second kappa shape index (κ2) is 6.33. The largest absolute Gasteiger partial charge is 0.507 e. The number of ether oxygens (including phenoxy) is 2. The number of amidine groups is 1. The lowest BCUT2D eigenvalue weighted by Crippen LogP contribution is -2.31. The highest BCUT2D eigenvalue weighted by atomic mass is 16.6. The molecule has 0 aromatic heterocycles. The van der Waals surface area contributed by atoms with E-state index in [0.717, 1.165) is 6.07 Å². The van der Waals surface area contributed by atoms with E-state index in [1.165, 1.54) is 12.1 Å². The third kappa shape index (κ3) is 4.65. The molecule has 0 aliphatic carbocycles. The molecule has 8 nitrogen and oxygen atoms in total. The average Bonchev–Trinajstić information content (AvgIpc) is 2.32. The van der Waals surface area contributed by atoms with Crippen LogP contribution in [0, 0.1) is 5.41 Å². The fourth-order valence-electron chi connectivity index (χ4n) is 1.66. The van der Waals surface area contributed by atoms with Crippen molar-refractivity contribution in [2.75, 3.05) is 0 Å². The number of hydrogen-bond acceptors (Lipinski definition) is 6. The Morgan fingerprint density at radius 3 is 2.27 bits per heavy atom. The molecule has 6 N–H and O–H groups in total. The van der Waals surface area contributed by atoms with Crippen LogP contribution in [0.1, 0.15) is 38.0 Å². The van der Waals surface area contributed by atoms with Gasteiger partial charge >= 0.3 is 12.1 Å². The number of nitrogen functional groups attached to an aromatic ring is 1. The van der Waals surface area contributed by atoms with Crippen LogP contribution in [-0.2, 0) is 14.3 Å². The Morgan fingerprint density at radius 2 is 1.86 bits per heavy atom. The molecule has 22 heavy (non-hydrogen) atoms. The van der Waals surface area contributed by atoms with Crippen molar-refractivity contribution in [3.05, 3.63) is 29.3 Å². The first-order valence-electron chi connectivity index (χ1n) is 6.37. The van der Waals surface area contributed by atoms with Crippen molar-refractivity contribution in [2.45, 2.75) is 32.5 Å². The predicted octanol–water partition coefficient (Wildman–Crippen LogP) is 1.15. The zero-order valence-corrected chi connectivity index (χ0v) is 12.5. The molecule has 1 rings (SSSR count). The monoisotopic (exact) mass is 309 g/mol. The summed E-state index contributed by atoms with van der Waals surface area (Å²) >= 11 is 0. The number of primary amides is 1. The van der Waals surface area contributed by atoms with Crippen LogP contribution in [0.3, 0.4) is 0 Å². The molecular formula is C14H19N3O5. The van der Waals surface area contributed by atoms with E-state index in [0.29, 0.717) is 0 Å². The maximum Gasteiger partial charge on any atom is 0.405 e. The Labute approximate surface area is 127 Å². The summed E-state index contributed by atoms with van der Waals surface area (Å²) < 4.78 is 9.92. The number of carbonyl (C=O) groups is 2. The van der Waals surface area contributed by atoms with Gasteiger partial charge in [-0.2, -0.15) is 0 Å². The van der Waals surface area contributed by atoms with Gasteiger partial charge < -0.3 is 26.0 Å². The fraction of sp³-hybridized carbons (Fsp3) is 0.357. The molecule has 1 atom stereocenters. The highest BCUT2D eigenvalue weighted by molar-refractivity contribution is 5.97. The van der Waals surface area contributed by atoms with E-state index in [1.54, 1.807) is 20.8 Å². The van der Waals surface area contributed by atoms with Gasteiger partial charge in [0.15, 0.2) is 0 Å². The van der Waals surface area contributed by atoms with Crippen LogP contribution in [0.25, 0.3) is 0 Å². The fourth-order valence-corrected chi connectivity index (χ4v) is 1.66. The number of aromatic hydroxyl groups is 1. The lowest BCUT2D eigenvalue weighted by Gasteiger charge is -2.24. The number of amides is 1. The molecule has 0 saturated carbocycles. The van der Waals surface area contributed by atoms with E-state index in [4.69, 9.17) is 26.4 Å². The summed E-state index contributed by atoms with van der Waals surface area (Å²) in [5.74, 6) is -1.50. The number of benzene rings is 1. The molecule has 1 amide bonds. The molecule has 0 bridgehead atoms. The molecule has 0 aliphatic rings. The molecule has 0 fully saturated rings. The van der Waals surface area contributed by atoms with Crippen molar-refractivity contribution in [3.63, 3.8) is 0 Å². The summed E-state index contributed by atoms with van der Waals surface area (Å²) in [6.07, 6.45) is -2.59. The summed E-state index contributed by atoms with van der Waals surface area (Å²) in [5.41, 5.74) is 9.70. The zero-order valence-electron chi connectivity index (χ0n) is 12.5. The minimum absolute atomic E-state index is 0.0887. The summed E-state index contributed by atoms with van der Waals surface area (Å²) in [7, 11) is 0. The van der Waals surface area contributed by atoms with Gasteiger partial charge in [0.1, 0.15) is 17.2 Å². The minimum atomic E-state index is -1.43. The van der Waals surface area contributed by atoms with Crippen LogP contribution in [0.2, 0.25) is 0 Å². The number of esters is 1. The standard InChI is InChI=1S/C14H19N3O5/c1-14(2,3)22-12(19)10(21-13(17)20)7-4-5-8(11(15)16)9(18)6-7/h4-6,10,18H,1-3H3,(H3,15,16)(H2,17,20). The molecule has 0 saturated heterocycles. The van der Waals surface area contributed by atoms with Gasteiger partial charge in [-0.1, -0.05) is 6.07 Å². The Hall–Kier alpha value is -2.77. The summed E-state index contributed by atoms with van der Waals surface area (Å²) in [6.45, 7) is 4.97. The Morgan fingerprint density at radius 1 is 1.27 bits per heavy atom. The first kappa shape index (κ1) is 17.3. The van der Waals surface area contributed by atoms with Crippen LogP contribution in [-0.4, -0.2) is 28.6 Å². The maximum absolute atomic E-state index is 12.1. The number of hydrogen-bond donors (Lipinski definition) is 4. The normalized spacial score (nSPS) is 12.3. The highest BCUT2D eigenvalue weighted by Crippen LogP contribution is 2.27. The van der Waals surface area contributed by atoms with Crippen molar-refractivity contribution < 1.29 is 24.2 Å². The van der Waals surface area contributed by atoms with Gasteiger partial charge in [0.2, 0.25) is 6.10 Å². The van der Waals surface area contributed by atoms with Crippen LogP contribution in [0.15, 0.2) is 18.2 Å². The molecule has 8 heteroatoms. The minimum Gasteiger partial charge on any atom is -0.507 e. The quantitative estimate of drug-likeness (QED) is 0.372. The van der Waals surface area contributed by atoms with E-state index in [-0.39, 0.29) is 22.7 Å². The Bertz CT molecular complexity index is 607. The molecular weight excluding hydrogens is 290 g/mol. The third-order valence-electron chi connectivity index (χ3n) is 2.47. The predicted molar refractivity (Wildman–Crippen MR) is 78.4 cm³/mol. The molecule has 0 heterocycles. The van der Waals surface area contributed by atoms with Crippen molar-refractivity contribution in [1.82, 2.24) is 0 Å². The Kier molecular flexibility index (Phi) is 4.98. The van der Waals surface area contributed by atoms with E-state index < -0.39 is 23.8 Å². The van der Waals surface area contributed by atoms with Crippen molar-refractivity contribution in [1.29, 1.82) is 5.41 Å². The molecule has 0 aliphatic heterocycles. The number of nitrogens with one attached hydrogen (secondary N) is 1. The number of carbonyl (C=O) groups excluding carboxylic acids is 2. The van der Waals surface area contributed by atoms with Gasteiger partial charge in [0.05, 0.1) is 5.56 Å². The zero-order chi connectivity index (χ0) is 17.1. The van der Waals surface area contributed by atoms with Gasteiger partial charge in [0, 0.05) is 5.56 Å². The van der Waals surface area contributed by atoms with Crippen LogP contribution in [0.5, 0.6) is 5.75 Å². The van der Waals surface area contributed by atoms with Gasteiger partial charge in [0.25, 0.3) is 0 Å². The SMILES string of the molecule is CC(C)(C)OC(=O)C(OC(N)=O)c1ccc(C(=N)N)c(O)c1. The van der Waals surface area contributed by atoms with Gasteiger partial charge in [-0.3, -0.25) is 5.41 Å². The first-order valence-corrected chi connectivity index (χ1v) is 6.37. The van der Waals surface area contributed by atoms with Crippen molar-refractivity contribution in [2.24, 2.45) is 11.5 Å². The second-order valence-electron chi connectivity index (χ2n) is 5.54. The molecule has 1 aromatic rings. The van der Waals surface area contributed by atoms with E-state index in [2.05, 4.69) is 0 Å². The average molecular weight is 309 g/mol. The topological polar surface area (TPSA) is 149 Å². The van der Waals surface area contributed by atoms with Crippen molar-refractivity contribution >= 4 is 17.9 Å². The van der Waals surface area contributed by atoms with E-state index in [1.807, 2.05) is 0 Å².